The van der Waals surface area contributed by atoms with Crippen LogP contribution in [-0.2, 0) is 9.84 Å². The average Bonchev–Trinajstić information content (AvgIpc) is 2.24. The smallest absolute Gasteiger partial charge is 0.164 e. The van der Waals surface area contributed by atoms with Crippen molar-refractivity contribution in [2.45, 2.75) is 19.2 Å². The Bertz CT molecular complexity index is 332. The number of hydrogen-bond acceptors (Lipinski definition) is 4. The van der Waals surface area contributed by atoms with Gasteiger partial charge in [0.25, 0.3) is 0 Å². The second-order valence-corrected chi connectivity index (χ2v) is 9.01. The lowest BCUT2D eigenvalue weighted by atomic mass is 9.97. The van der Waals surface area contributed by atoms with Crippen LogP contribution in [0.4, 0.5) is 0 Å². The Balaban J connectivity index is 2.72. The molecular formula is C11H22BrNO2S2. The van der Waals surface area contributed by atoms with Crippen LogP contribution in [0.25, 0.3) is 0 Å². The van der Waals surface area contributed by atoms with Gasteiger partial charge in [0.15, 0.2) is 9.84 Å². The molecule has 1 aliphatic rings. The monoisotopic (exact) mass is 343 g/mol. The molecule has 0 aromatic heterocycles. The van der Waals surface area contributed by atoms with Crippen LogP contribution in [0.3, 0.4) is 0 Å². The molecule has 2 atom stereocenters. The van der Waals surface area contributed by atoms with Crippen molar-refractivity contribution in [3.05, 3.63) is 0 Å². The molecule has 1 saturated heterocycles. The molecule has 102 valence electrons. The topological polar surface area (TPSA) is 37.4 Å². The highest BCUT2D eigenvalue weighted by Gasteiger charge is 2.32. The van der Waals surface area contributed by atoms with Crippen LogP contribution in [-0.4, -0.2) is 54.9 Å². The second-order valence-electron chi connectivity index (χ2n) is 5.01. The predicted octanol–water partition coefficient (Wildman–Crippen LogP) is 2.07. The molecule has 1 heterocycles. The van der Waals surface area contributed by atoms with Gasteiger partial charge in [-0.25, -0.2) is 8.42 Å². The van der Waals surface area contributed by atoms with Crippen molar-refractivity contribution in [2.24, 2.45) is 11.8 Å². The number of thioether (sulfide) groups is 1. The molecule has 0 bridgehead atoms. The van der Waals surface area contributed by atoms with Crippen molar-refractivity contribution >= 4 is 37.5 Å². The molecule has 0 radical (unpaired) electrons. The molecule has 3 nitrogen and oxygen atoms in total. The zero-order valence-electron chi connectivity index (χ0n) is 10.7. The van der Waals surface area contributed by atoms with Crippen LogP contribution < -0.4 is 0 Å². The number of rotatable bonds is 5. The zero-order chi connectivity index (χ0) is 13.1. The fourth-order valence-corrected chi connectivity index (χ4v) is 5.86. The fourth-order valence-electron chi connectivity index (χ4n) is 1.96. The number of hydrogen-bond donors (Lipinski definition) is 0. The third kappa shape index (κ3) is 4.73. The van der Waals surface area contributed by atoms with Crippen LogP contribution in [0.5, 0.6) is 0 Å². The lowest BCUT2D eigenvalue weighted by Gasteiger charge is -2.37. The normalized spacial score (nSPS) is 25.1. The van der Waals surface area contributed by atoms with E-state index < -0.39 is 9.84 Å². The van der Waals surface area contributed by atoms with E-state index in [0.717, 1.165) is 24.2 Å². The quantitative estimate of drug-likeness (QED) is 0.716. The van der Waals surface area contributed by atoms with Gasteiger partial charge in [0.2, 0.25) is 0 Å². The van der Waals surface area contributed by atoms with Crippen molar-refractivity contribution in [1.29, 1.82) is 0 Å². The van der Waals surface area contributed by atoms with Crippen molar-refractivity contribution in [3.8, 4) is 0 Å². The van der Waals surface area contributed by atoms with Gasteiger partial charge in [0.1, 0.15) is 5.37 Å². The zero-order valence-corrected chi connectivity index (χ0v) is 13.9. The predicted molar refractivity (Wildman–Crippen MR) is 79.7 cm³/mol. The van der Waals surface area contributed by atoms with E-state index in [-0.39, 0.29) is 5.37 Å². The van der Waals surface area contributed by atoms with Crippen LogP contribution in [0.15, 0.2) is 0 Å². The molecule has 1 rings (SSSR count). The first-order valence-corrected chi connectivity index (χ1v) is 10.2. The largest absolute Gasteiger partial charge is 0.285 e. The Morgan fingerprint density at radius 3 is 2.59 bits per heavy atom. The van der Waals surface area contributed by atoms with Gasteiger partial charge in [-0.05, 0) is 11.8 Å². The van der Waals surface area contributed by atoms with Gasteiger partial charge in [-0.1, -0.05) is 29.8 Å². The van der Waals surface area contributed by atoms with E-state index in [0.29, 0.717) is 17.6 Å². The molecule has 2 unspecified atom stereocenters. The number of sulfone groups is 1. The summed E-state index contributed by atoms with van der Waals surface area (Å²) in [7, 11) is -2.96. The minimum Gasteiger partial charge on any atom is -0.285 e. The molecule has 0 aromatic carbocycles. The van der Waals surface area contributed by atoms with E-state index in [9.17, 15) is 8.42 Å². The van der Waals surface area contributed by atoms with E-state index in [1.807, 2.05) is 0 Å². The highest BCUT2D eigenvalue weighted by Crippen LogP contribution is 2.24. The number of nitrogens with zero attached hydrogens (tertiary/aromatic N) is 1. The molecule has 0 spiro atoms. The first-order chi connectivity index (χ1) is 7.86. The van der Waals surface area contributed by atoms with Crippen LogP contribution in [0.1, 0.15) is 13.8 Å². The lowest BCUT2D eigenvalue weighted by molar-refractivity contribution is 0.211. The maximum atomic E-state index is 11.8. The van der Waals surface area contributed by atoms with Crippen molar-refractivity contribution < 1.29 is 8.42 Å². The van der Waals surface area contributed by atoms with Crippen molar-refractivity contribution in [3.63, 3.8) is 0 Å². The van der Waals surface area contributed by atoms with Crippen LogP contribution in [0.2, 0.25) is 0 Å². The van der Waals surface area contributed by atoms with Gasteiger partial charge >= 0.3 is 0 Å². The third-order valence-electron chi connectivity index (χ3n) is 3.29. The Kier molecular flexibility index (Phi) is 6.30. The summed E-state index contributed by atoms with van der Waals surface area (Å²) < 4.78 is 23.5. The molecule has 0 saturated carbocycles. The minimum absolute atomic E-state index is 0.290. The SMILES string of the molecule is CC(C)C(CBr)CN1CCSCC1S(C)(=O)=O. The molecule has 0 aromatic rings. The average molecular weight is 344 g/mol. The van der Waals surface area contributed by atoms with Crippen LogP contribution in [0, 0.1) is 11.8 Å². The molecule has 17 heavy (non-hydrogen) atoms. The van der Waals surface area contributed by atoms with E-state index in [1.165, 1.54) is 6.26 Å². The van der Waals surface area contributed by atoms with E-state index >= 15 is 0 Å². The lowest BCUT2D eigenvalue weighted by Crippen LogP contribution is -2.49. The maximum absolute atomic E-state index is 11.8. The van der Waals surface area contributed by atoms with Gasteiger partial charge in [0.05, 0.1) is 0 Å². The fraction of sp³-hybridized carbons (Fsp3) is 1.00. The van der Waals surface area contributed by atoms with Gasteiger partial charge in [-0.15, -0.1) is 0 Å². The Morgan fingerprint density at radius 2 is 2.12 bits per heavy atom. The first-order valence-electron chi connectivity index (χ1n) is 5.93. The van der Waals surface area contributed by atoms with Gasteiger partial charge in [-0.3, -0.25) is 4.90 Å². The van der Waals surface area contributed by atoms with Gasteiger partial charge < -0.3 is 0 Å². The Hall–Kier alpha value is 0.740. The summed E-state index contributed by atoms with van der Waals surface area (Å²) in [5, 5.41) is 0.645. The number of halogens is 1. The summed E-state index contributed by atoms with van der Waals surface area (Å²) in [6, 6.07) is 0. The molecule has 0 amide bonds. The van der Waals surface area contributed by atoms with Gasteiger partial charge in [0, 0.05) is 36.2 Å². The summed E-state index contributed by atoms with van der Waals surface area (Å²) in [6.45, 7) is 6.15. The summed E-state index contributed by atoms with van der Waals surface area (Å²) in [5.41, 5.74) is 0. The first kappa shape index (κ1) is 15.8. The van der Waals surface area contributed by atoms with E-state index in [2.05, 4.69) is 34.7 Å². The van der Waals surface area contributed by atoms with E-state index in [4.69, 9.17) is 0 Å². The minimum atomic E-state index is -2.96. The molecule has 1 aliphatic heterocycles. The van der Waals surface area contributed by atoms with E-state index in [1.54, 1.807) is 11.8 Å². The highest BCUT2D eigenvalue weighted by molar-refractivity contribution is 9.09. The highest BCUT2D eigenvalue weighted by atomic mass is 79.9. The summed E-state index contributed by atoms with van der Waals surface area (Å²) in [5.74, 6) is 2.84. The molecule has 6 heteroatoms. The van der Waals surface area contributed by atoms with Gasteiger partial charge in [-0.2, -0.15) is 11.8 Å². The van der Waals surface area contributed by atoms with Crippen LogP contribution >= 0.6 is 27.7 Å². The molecular weight excluding hydrogens is 322 g/mol. The number of alkyl halides is 1. The Morgan fingerprint density at radius 1 is 1.47 bits per heavy atom. The second kappa shape index (κ2) is 6.78. The standard InChI is InChI=1S/C11H22BrNO2S2/c1-9(2)10(6-12)7-13-4-5-16-8-11(13)17(3,14)15/h9-11H,4-8H2,1-3H3. The molecule has 0 aliphatic carbocycles. The summed E-state index contributed by atoms with van der Waals surface area (Å²) in [4.78, 5) is 2.15. The third-order valence-corrected chi connectivity index (χ3v) is 6.81. The maximum Gasteiger partial charge on any atom is 0.164 e. The van der Waals surface area contributed by atoms with Crippen molar-refractivity contribution in [2.75, 3.05) is 36.2 Å². The van der Waals surface area contributed by atoms with Crippen molar-refractivity contribution in [1.82, 2.24) is 4.90 Å². The Labute approximate surface area is 118 Å². The molecule has 1 fully saturated rings. The summed E-state index contributed by atoms with van der Waals surface area (Å²) in [6.07, 6.45) is 1.36. The molecule has 0 N–H and O–H groups in total. The summed E-state index contributed by atoms with van der Waals surface area (Å²) >= 11 is 5.28.